The lowest BCUT2D eigenvalue weighted by atomic mass is 10.1. The SMILES string of the molecule is O=C1N(C2CC2)C(c2cccc(F)c2)NC12CC2. The van der Waals surface area contributed by atoms with E-state index >= 15 is 0 Å². The van der Waals surface area contributed by atoms with Gasteiger partial charge in [-0.3, -0.25) is 10.1 Å². The van der Waals surface area contributed by atoms with Gasteiger partial charge in [0.2, 0.25) is 5.91 Å². The normalized spacial score (nSPS) is 29.1. The molecule has 0 aromatic heterocycles. The molecule has 1 amide bonds. The first-order valence-corrected chi connectivity index (χ1v) is 6.56. The van der Waals surface area contributed by atoms with Crippen LogP contribution in [0.1, 0.15) is 37.4 Å². The molecule has 0 bridgehead atoms. The number of carbonyl (C=O) groups excluding carboxylic acids is 1. The monoisotopic (exact) mass is 246 g/mol. The Morgan fingerprint density at radius 3 is 2.72 bits per heavy atom. The van der Waals surface area contributed by atoms with Gasteiger partial charge in [0.15, 0.2) is 0 Å². The Hall–Kier alpha value is -1.42. The van der Waals surface area contributed by atoms with Crippen LogP contribution in [0.4, 0.5) is 4.39 Å². The number of amides is 1. The summed E-state index contributed by atoms with van der Waals surface area (Å²) >= 11 is 0. The molecule has 4 rings (SSSR count). The molecule has 1 unspecified atom stereocenters. The molecular weight excluding hydrogens is 231 g/mol. The smallest absolute Gasteiger partial charge is 0.244 e. The van der Waals surface area contributed by atoms with Gasteiger partial charge < -0.3 is 4.90 Å². The second-order valence-corrected chi connectivity index (χ2v) is 5.63. The Bertz CT molecular complexity index is 522. The summed E-state index contributed by atoms with van der Waals surface area (Å²) in [6.45, 7) is 0. The summed E-state index contributed by atoms with van der Waals surface area (Å²) in [6, 6.07) is 6.93. The molecule has 2 saturated carbocycles. The lowest BCUT2D eigenvalue weighted by molar-refractivity contribution is -0.131. The van der Waals surface area contributed by atoms with Crippen molar-refractivity contribution in [3.8, 4) is 0 Å². The van der Waals surface area contributed by atoms with Crippen molar-refractivity contribution in [3.05, 3.63) is 35.6 Å². The van der Waals surface area contributed by atoms with Gasteiger partial charge in [0.25, 0.3) is 0 Å². The van der Waals surface area contributed by atoms with Crippen molar-refractivity contribution in [1.29, 1.82) is 0 Å². The number of carbonyl (C=O) groups is 1. The van der Waals surface area contributed by atoms with Crippen LogP contribution < -0.4 is 5.32 Å². The lowest BCUT2D eigenvalue weighted by Gasteiger charge is -2.24. The van der Waals surface area contributed by atoms with Crippen LogP contribution in [0, 0.1) is 5.82 Å². The van der Waals surface area contributed by atoms with E-state index in [1.807, 2.05) is 11.0 Å². The predicted molar refractivity (Wildman–Crippen MR) is 64.1 cm³/mol. The largest absolute Gasteiger partial charge is 0.318 e. The van der Waals surface area contributed by atoms with Gasteiger partial charge in [-0.15, -0.1) is 0 Å². The van der Waals surface area contributed by atoms with E-state index in [4.69, 9.17) is 0 Å². The highest BCUT2D eigenvalue weighted by molar-refractivity contribution is 5.92. The zero-order valence-electron chi connectivity index (χ0n) is 10.0. The van der Waals surface area contributed by atoms with Gasteiger partial charge in [0.05, 0.1) is 0 Å². The maximum atomic E-state index is 13.3. The molecule has 3 fully saturated rings. The molecular formula is C14H15FN2O. The Kier molecular flexibility index (Phi) is 1.94. The van der Waals surface area contributed by atoms with Crippen molar-refractivity contribution >= 4 is 5.91 Å². The number of halogens is 1. The first kappa shape index (κ1) is 10.5. The molecule has 1 saturated heterocycles. The third-order valence-corrected chi connectivity index (χ3v) is 4.19. The topological polar surface area (TPSA) is 32.3 Å². The summed E-state index contributed by atoms with van der Waals surface area (Å²) in [7, 11) is 0. The molecule has 3 nitrogen and oxygen atoms in total. The molecule has 1 aliphatic heterocycles. The summed E-state index contributed by atoms with van der Waals surface area (Å²) in [5.74, 6) is -0.0199. The summed E-state index contributed by atoms with van der Waals surface area (Å²) in [5, 5.41) is 3.42. The molecule has 1 spiro atoms. The van der Waals surface area contributed by atoms with Gasteiger partial charge >= 0.3 is 0 Å². The molecule has 1 atom stereocenters. The van der Waals surface area contributed by atoms with Gasteiger partial charge in [-0.05, 0) is 43.4 Å². The maximum Gasteiger partial charge on any atom is 0.244 e. The summed E-state index contributed by atoms with van der Waals surface area (Å²) in [5.41, 5.74) is 0.540. The Balaban J connectivity index is 1.72. The van der Waals surface area contributed by atoms with Crippen LogP contribution in [0.25, 0.3) is 0 Å². The van der Waals surface area contributed by atoms with Gasteiger partial charge in [0, 0.05) is 6.04 Å². The minimum Gasteiger partial charge on any atom is -0.318 e. The van der Waals surface area contributed by atoms with Crippen LogP contribution in [0.5, 0.6) is 0 Å². The van der Waals surface area contributed by atoms with E-state index in [-0.39, 0.29) is 23.4 Å². The van der Waals surface area contributed by atoms with Crippen molar-refractivity contribution in [2.75, 3.05) is 0 Å². The molecule has 18 heavy (non-hydrogen) atoms. The third kappa shape index (κ3) is 1.42. The number of nitrogens with one attached hydrogen (secondary N) is 1. The zero-order chi connectivity index (χ0) is 12.3. The molecule has 1 N–H and O–H groups in total. The maximum absolute atomic E-state index is 13.3. The zero-order valence-corrected chi connectivity index (χ0v) is 10.0. The number of benzene rings is 1. The molecule has 0 radical (unpaired) electrons. The summed E-state index contributed by atoms with van der Waals surface area (Å²) < 4.78 is 13.3. The van der Waals surface area contributed by atoms with E-state index in [2.05, 4.69) is 5.32 Å². The molecule has 1 aromatic rings. The third-order valence-electron chi connectivity index (χ3n) is 4.19. The number of hydrogen-bond donors (Lipinski definition) is 1. The fraction of sp³-hybridized carbons (Fsp3) is 0.500. The Labute approximate surface area is 105 Å². The lowest BCUT2D eigenvalue weighted by Crippen LogP contribution is -2.33. The van der Waals surface area contributed by atoms with Crippen LogP contribution in [-0.4, -0.2) is 22.4 Å². The minimum absolute atomic E-state index is 0.136. The average molecular weight is 246 g/mol. The van der Waals surface area contributed by atoms with Crippen molar-refractivity contribution in [1.82, 2.24) is 10.2 Å². The average Bonchev–Trinajstić information content (AvgIpc) is 3.22. The molecule has 3 aliphatic rings. The van der Waals surface area contributed by atoms with Crippen LogP contribution in [-0.2, 0) is 4.79 Å². The Morgan fingerprint density at radius 2 is 2.11 bits per heavy atom. The number of nitrogens with zero attached hydrogens (tertiary/aromatic N) is 1. The predicted octanol–water partition coefficient (Wildman–Crippen LogP) is 1.95. The molecule has 94 valence electrons. The highest BCUT2D eigenvalue weighted by Crippen LogP contribution is 2.49. The van der Waals surface area contributed by atoms with E-state index in [0.717, 1.165) is 31.2 Å². The van der Waals surface area contributed by atoms with Crippen LogP contribution in [0.2, 0.25) is 0 Å². The van der Waals surface area contributed by atoms with E-state index in [1.54, 1.807) is 6.07 Å². The second-order valence-electron chi connectivity index (χ2n) is 5.63. The van der Waals surface area contributed by atoms with Gasteiger partial charge in [-0.25, -0.2) is 4.39 Å². The van der Waals surface area contributed by atoms with Crippen LogP contribution in [0.3, 0.4) is 0 Å². The van der Waals surface area contributed by atoms with E-state index in [1.165, 1.54) is 12.1 Å². The summed E-state index contributed by atoms with van der Waals surface area (Å²) in [4.78, 5) is 14.4. The number of hydrogen-bond acceptors (Lipinski definition) is 2. The van der Waals surface area contributed by atoms with Crippen molar-refractivity contribution in [3.63, 3.8) is 0 Å². The van der Waals surface area contributed by atoms with E-state index in [0.29, 0.717) is 6.04 Å². The molecule has 4 heteroatoms. The highest BCUT2D eigenvalue weighted by atomic mass is 19.1. The second kappa shape index (κ2) is 3.32. The number of rotatable bonds is 2. The highest BCUT2D eigenvalue weighted by Gasteiger charge is 2.61. The van der Waals surface area contributed by atoms with Crippen molar-refractivity contribution < 1.29 is 9.18 Å². The molecule has 1 aromatic carbocycles. The first-order chi connectivity index (χ1) is 8.70. The van der Waals surface area contributed by atoms with E-state index < -0.39 is 0 Å². The van der Waals surface area contributed by atoms with Gasteiger partial charge in [0.1, 0.15) is 17.5 Å². The van der Waals surface area contributed by atoms with Gasteiger partial charge in [-0.2, -0.15) is 0 Å². The van der Waals surface area contributed by atoms with Crippen molar-refractivity contribution in [2.24, 2.45) is 0 Å². The van der Waals surface area contributed by atoms with Gasteiger partial charge in [-0.1, -0.05) is 12.1 Å². The quantitative estimate of drug-likeness (QED) is 0.865. The van der Waals surface area contributed by atoms with E-state index in [9.17, 15) is 9.18 Å². The van der Waals surface area contributed by atoms with Crippen LogP contribution >= 0.6 is 0 Å². The van der Waals surface area contributed by atoms with Crippen LogP contribution in [0.15, 0.2) is 24.3 Å². The van der Waals surface area contributed by atoms with Crippen molar-refractivity contribution in [2.45, 2.75) is 43.4 Å². The minimum atomic E-state index is -0.320. The molecule has 1 heterocycles. The Morgan fingerprint density at radius 1 is 1.33 bits per heavy atom. The standard InChI is InChI=1S/C14H15FN2O/c15-10-3-1-2-9(8-10)12-16-14(6-7-14)13(18)17(12)11-4-5-11/h1-3,8,11-12,16H,4-7H2. The first-order valence-electron chi connectivity index (χ1n) is 6.56. The molecule has 2 aliphatic carbocycles. The fourth-order valence-corrected chi connectivity index (χ4v) is 2.89. The summed E-state index contributed by atoms with van der Waals surface area (Å²) in [6.07, 6.45) is 3.86. The fourth-order valence-electron chi connectivity index (χ4n) is 2.89.